The molecule has 10 heteroatoms. The van der Waals surface area contributed by atoms with Crippen molar-refractivity contribution < 1.29 is 13.2 Å². The fourth-order valence-corrected chi connectivity index (χ4v) is 5.79. The molecule has 1 N–H and O–H groups in total. The summed E-state index contributed by atoms with van der Waals surface area (Å²) in [5, 5.41) is 3.69. The third-order valence-corrected chi connectivity index (χ3v) is 8.29. The van der Waals surface area contributed by atoms with Gasteiger partial charge in [0.2, 0.25) is 15.9 Å². The molecule has 1 heterocycles. The molecule has 0 saturated carbocycles. The Bertz CT molecular complexity index is 1320. The second-order valence-electron chi connectivity index (χ2n) is 7.18. The van der Waals surface area contributed by atoms with Crippen molar-refractivity contribution in [2.45, 2.75) is 30.8 Å². The SMILES string of the molecule is CCN(CC)S(=O)(=O)c1cc(NC(=O)CSc2nc3ccccc3c(=O)n2C)ccc1C. The Morgan fingerprint density at radius 2 is 1.84 bits per heavy atom. The normalized spacial score (nSPS) is 11.8. The van der Waals surface area contributed by atoms with E-state index >= 15 is 0 Å². The van der Waals surface area contributed by atoms with Crippen LogP contribution in [0.4, 0.5) is 5.69 Å². The molecule has 3 aromatic rings. The van der Waals surface area contributed by atoms with Crippen LogP contribution < -0.4 is 10.9 Å². The number of hydrogen-bond donors (Lipinski definition) is 1. The van der Waals surface area contributed by atoms with E-state index in [1.165, 1.54) is 14.9 Å². The van der Waals surface area contributed by atoms with Crippen molar-refractivity contribution in [2.75, 3.05) is 24.2 Å². The predicted molar refractivity (Wildman–Crippen MR) is 128 cm³/mol. The Morgan fingerprint density at radius 3 is 2.53 bits per heavy atom. The largest absolute Gasteiger partial charge is 0.325 e. The third-order valence-electron chi connectivity index (χ3n) is 5.07. The van der Waals surface area contributed by atoms with E-state index < -0.39 is 10.0 Å². The first-order valence-corrected chi connectivity index (χ1v) is 12.6. The third kappa shape index (κ3) is 4.87. The molecule has 0 spiro atoms. The van der Waals surface area contributed by atoms with Crippen LogP contribution in [0.25, 0.3) is 10.9 Å². The molecule has 8 nitrogen and oxygen atoms in total. The molecule has 0 aliphatic rings. The number of hydrogen-bond acceptors (Lipinski definition) is 6. The van der Waals surface area contributed by atoms with Crippen LogP contribution >= 0.6 is 11.8 Å². The highest BCUT2D eigenvalue weighted by Crippen LogP contribution is 2.24. The van der Waals surface area contributed by atoms with Gasteiger partial charge in [-0.2, -0.15) is 4.31 Å². The average Bonchev–Trinajstić information content (AvgIpc) is 2.77. The lowest BCUT2D eigenvalue weighted by atomic mass is 10.2. The van der Waals surface area contributed by atoms with Crippen LogP contribution in [0.1, 0.15) is 19.4 Å². The molecule has 0 radical (unpaired) electrons. The minimum absolute atomic E-state index is 0.0185. The first-order valence-electron chi connectivity index (χ1n) is 10.2. The molecule has 0 saturated heterocycles. The summed E-state index contributed by atoms with van der Waals surface area (Å²) in [6.45, 7) is 6.02. The molecular weight excluding hydrogens is 448 g/mol. The van der Waals surface area contributed by atoms with Crippen molar-refractivity contribution in [1.29, 1.82) is 0 Å². The maximum Gasteiger partial charge on any atom is 0.261 e. The number of benzene rings is 2. The Balaban J connectivity index is 1.77. The number of para-hydroxylation sites is 1. The van der Waals surface area contributed by atoms with Gasteiger partial charge in [0.1, 0.15) is 0 Å². The standard InChI is InChI=1S/C22H26N4O4S2/c1-5-26(6-2)32(29,30)19-13-16(12-11-15(19)3)23-20(27)14-31-22-24-18-10-8-7-9-17(18)21(28)25(22)4/h7-13H,5-6,14H2,1-4H3,(H,23,27). The summed E-state index contributed by atoms with van der Waals surface area (Å²) in [6.07, 6.45) is 0. The Hall–Kier alpha value is -2.69. The summed E-state index contributed by atoms with van der Waals surface area (Å²) in [5.74, 6) is -0.308. The van der Waals surface area contributed by atoms with Crippen molar-refractivity contribution in [3.05, 3.63) is 58.4 Å². The topological polar surface area (TPSA) is 101 Å². The lowest BCUT2D eigenvalue weighted by molar-refractivity contribution is -0.113. The van der Waals surface area contributed by atoms with Gasteiger partial charge in [0.05, 0.1) is 21.6 Å². The average molecular weight is 475 g/mol. The van der Waals surface area contributed by atoms with Gasteiger partial charge in [0, 0.05) is 25.8 Å². The number of aromatic nitrogens is 2. The predicted octanol–water partition coefficient (Wildman–Crippen LogP) is 3.00. The van der Waals surface area contributed by atoms with E-state index in [2.05, 4.69) is 10.3 Å². The zero-order valence-electron chi connectivity index (χ0n) is 18.5. The highest BCUT2D eigenvalue weighted by Gasteiger charge is 2.24. The van der Waals surface area contributed by atoms with Gasteiger partial charge in [-0.25, -0.2) is 13.4 Å². The summed E-state index contributed by atoms with van der Waals surface area (Å²) in [6, 6.07) is 11.9. The molecule has 0 bridgehead atoms. The number of carbonyl (C=O) groups excluding carboxylic acids is 1. The number of anilines is 1. The number of nitrogens with zero attached hydrogens (tertiary/aromatic N) is 3. The molecule has 0 aliphatic heterocycles. The number of nitrogens with one attached hydrogen (secondary N) is 1. The fraction of sp³-hybridized carbons (Fsp3) is 0.318. The van der Waals surface area contributed by atoms with Gasteiger partial charge < -0.3 is 5.32 Å². The number of sulfonamides is 1. The number of carbonyl (C=O) groups is 1. The van der Waals surface area contributed by atoms with Crippen molar-refractivity contribution in [3.63, 3.8) is 0 Å². The fourth-order valence-electron chi connectivity index (χ4n) is 3.31. The Kier molecular flexibility index (Phi) is 7.37. The monoisotopic (exact) mass is 474 g/mol. The van der Waals surface area contributed by atoms with Crippen molar-refractivity contribution in [3.8, 4) is 0 Å². The van der Waals surface area contributed by atoms with E-state index in [0.29, 0.717) is 40.4 Å². The van der Waals surface area contributed by atoms with Crippen molar-refractivity contribution in [2.24, 2.45) is 7.05 Å². The van der Waals surface area contributed by atoms with Gasteiger partial charge >= 0.3 is 0 Å². The van der Waals surface area contributed by atoms with E-state index in [0.717, 1.165) is 11.8 Å². The lowest BCUT2D eigenvalue weighted by Gasteiger charge is -2.20. The summed E-state index contributed by atoms with van der Waals surface area (Å²) in [5.41, 5.74) is 1.40. The van der Waals surface area contributed by atoms with Crippen LogP contribution in [0, 0.1) is 6.92 Å². The number of fused-ring (bicyclic) bond motifs is 1. The summed E-state index contributed by atoms with van der Waals surface area (Å²) in [4.78, 5) is 29.7. The molecule has 32 heavy (non-hydrogen) atoms. The second kappa shape index (κ2) is 9.85. The first kappa shape index (κ1) is 24.0. The maximum atomic E-state index is 12.9. The van der Waals surface area contributed by atoms with Gasteiger partial charge in [0.15, 0.2) is 5.16 Å². The van der Waals surface area contributed by atoms with Crippen LogP contribution in [-0.2, 0) is 21.9 Å². The van der Waals surface area contributed by atoms with Crippen LogP contribution in [0.5, 0.6) is 0 Å². The summed E-state index contributed by atoms with van der Waals surface area (Å²) < 4.78 is 28.6. The number of thioether (sulfide) groups is 1. The Morgan fingerprint density at radius 1 is 1.16 bits per heavy atom. The molecule has 170 valence electrons. The van der Waals surface area contributed by atoms with Crippen molar-refractivity contribution >= 4 is 44.3 Å². The zero-order chi connectivity index (χ0) is 23.5. The van der Waals surface area contributed by atoms with Crippen LogP contribution in [0.2, 0.25) is 0 Å². The minimum Gasteiger partial charge on any atom is -0.325 e. The van der Waals surface area contributed by atoms with E-state index in [4.69, 9.17) is 0 Å². The quantitative estimate of drug-likeness (QED) is 0.398. The van der Waals surface area contributed by atoms with E-state index in [1.54, 1.807) is 64.2 Å². The Labute approximate surface area is 191 Å². The summed E-state index contributed by atoms with van der Waals surface area (Å²) >= 11 is 1.14. The van der Waals surface area contributed by atoms with Crippen LogP contribution in [0.15, 0.2) is 57.3 Å². The first-order chi connectivity index (χ1) is 15.2. The van der Waals surface area contributed by atoms with Crippen LogP contribution in [0.3, 0.4) is 0 Å². The molecular formula is C22H26N4O4S2. The zero-order valence-corrected chi connectivity index (χ0v) is 20.1. The van der Waals surface area contributed by atoms with Crippen LogP contribution in [-0.4, -0.2) is 47.0 Å². The van der Waals surface area contributed by atoms with Crippen molar-refractivity contribution in [1.82, 2.24) is 13.9 Å². The molecule has 1 amide bonds. The molecule has 0 unspecified atom stereocenters. The molecule has 2 aromatic carbocycles. The highest BCUT2D eigenvalue weighted by molar-refractivity contribution is 7.99. The highest BCUT2D eigenvalue weighted by atomic mass is 32.2. The van der Waals surface area contributed by atoms with Gasteiger partial charge in [-0.1, -0.05) is 43.8 Å². The summed E-state index contributed by atoms with van der Waals surface area (Å²) in [7, 11) is -2.03. The molecule has 0 aliphatic carbocycles. The smallest absolute Gasteiger partial charge is 0.261 e. The van der Waals surface area contributed by atoms with E-state index in [9.17, 15) is 18.0 Å². The molecule has 3 rings (SSSR count). The minimum atomic E-state index is -3.65. The van der Waals surface area contributed by atoms with Gasteiger partial charge in [-0.15, -0.1) is 0 Å². The molecule has 0 atom stereocenters. The van der Waals surface area contributed by atoms with E-state index in [-0.39, 0.29) is 22.1 Å². The van der Waals surface area contributed by atoms with Gasteiger partial charge in [0.25, 0.3) is 5.56 Å². The number of aryl methyl sites for hydroxylation is 1. The molecule has 0 fully saturated rings. The number of rotatable bonds is 8. The van der Waals surface area contributed by atoms with E-state index in [1.807, 2.05) is 0 Å². The van der Waals surface area contributed by atoms with Gasteiger partial charge in [-0.05, 0) is 36.8 Å². The van der Waals surface area contributed by atoms with Gasteiger partial charge in [-0.3, -0.25) is 14.2 Å². The lowest BCUT2D eigenvalue weighted by Crippen LogP contribution is -2.31. The molecule has 1 aromatic heterocycles. The maximum absolute atomic E-state index is 12.9. The second-order valence-corrected chi connectivity index (χ2v) is 10.0. The number of amides is 1.